The molecule has 0 aliphatic rings. The Morgan fingerprint density at radius 2 is 2.17 bits per heavy atom. The first kappa shape index (κ1) is 9.18. The summed E-state index contributed by atoms with van der Waals surface area (Å²) in [6, 6.07) is 1.08. The maximum Gasteiger partial charge on any atom is 0.368 e. The quantitative estimate of drug-likeness (QED) is 0.667. The second kappa shape index (κ2) is 2.85. The minimum absolute atomic E-state index is 0.0178. The summed E-state index contributed by atoms with van der Waals surface area (Å²) in [6.07, 6.45) is 0. The Morgan fingerprint density at radius 3 is 2.42 bits per heavy atom. The molecule has 1 aromatic rings. The number of hydrogen-bond donors (Lipinski definition) is 0. The van der Waals surface area contributed by atoms with Crippen LogP contribution in [0.5, 0.6) is 0 Å². The molecule has 1 aromatic heterocycles. The Bertz CT molecular complexity index is 368. The molecule has 0 N–H and O–H groups in total. The zero-order valence-corrected chi connectivity index (χ0v) is 7.43. The lowest BCUT2D eigenvalue weighted by molar-refractivity contribution is 0.327. The van der Waals surface area contributed by atoms with Gasteiger partial charge < -0.3 is 4.52 Å². The Hall–Kier alpha value is -0.910. The standard InChI is InChI=1S/C6H8FNO3S/c1-4(2)5-3-6(11-8-5)12(7,9)10/h3-4H,1-2H3. The van der Waals surface area contributed by atoms with Gasteiger partial charge in [0.15, 0.2) is 0 Å². The van der Waals surface area contributed by atoms with Crippen molar-refractivity contribution in [3.05, 3.63) is 11.8 Å². The second-order valence-electron chi connectivity index (χ2n) is 2.66. The first-order valence-electron chi connectivity index (χ1n) is 3.32. The van der Waals surface area contributed by atoms with Gasteiger partial charge in [0, 0.05) is 6.07 Å². The second-order valence-corrected chi connectivity index (χ2v) is 3.94. The van der Waals surface area contributed by atoms with Crippen molar-refractivity contribution < 1.29 is 16.8 Å². The first-order chi connectivity index (χ1) is 5.41. The van der Waals surface area contributed by atoms with Gasteiger partial charge in [0.1, 0.15) is 0 Å². The zero-order chi connectivity index (χ0) is 9.35. The highest BCUT2D eigenvalue weighted by Crippen LogP contribution is 2.18. The Kier molecular flexibility index (Phi) is 2.18. The molecule has 0 saturated carbocycles. The minimum atomic E-state index is -4.74. The molecule has 0 aromatic carbocycles. The summed E-state index contributed by atoms with van der Waals surface area (Å²) in [5.41, 5.74) is 0.422. The van der Waals surface area contributed by atoms with Crippen molar-refractivity contribution >= 4 is 10.2 Å². The van der Waals surface area contributed by atoms with Gasteiger partial charge in [-0.3, -0.25) is 0 Å². The van der Waals surface area contributed by atoms with Gasteiger partial charge >= 0.3 is 10.2 Å². The molecule has 0 fully saturated rings. The van der Waals surface area contributed by atoms with E-state index in [1.165, 1.54) is 0 Å². The van der Waals surface area contributed by atoms with Crippen LogP contribution < -0.4 is 0 Å². The molecular formula is C6H8FNO3S. The summed E-state index contributed by atoms with van der Waals surface area (Å²) in [5.74, 6) is 0.0178. The van der Waals surface area contributed by atoms with Crippen molar-refractivity contribution in [2.24, 2.45) is 0 Å². The van der Waals surface area contributed by atoms with E-state index in [9.17, 15) is 12.3 Å². The van der Waals surface area contributed by atoms with Crippen LogP contribution in [-0.2, 0) is 10.2 Å². The van der Waals surface area contributed by atoms with Crippen molar-refractivity contribution in [2.45, 2.75) is 24.9 Å². The largest absolute Gasteiger partial charge is 0.368 e. The van der Waals surface area contributed by atoms with Crippen LogP contribution in [0, 0.1) is 0 Å². The third-order valence-electron chi connectivity index (χ3n) is 1.34. The Morgan fingerprint density at radius 1 is 1.58 bits per heavy atom. The number of nitrogens with zero attached hydrogens (tertiary/aromatic N) is 1. The number of rotatable bonds is 2. The average molecular weight is 193 g/mol. The van der Waals surface area contributed by atoms with E-state index in [1.54, 1.807) is 13.8 Å². The molecule has 0 aliphatic heterocycles. The van der Waals surface area contributed by atoms with Crippen LogP contribution in [0.25, 0.3) is 0 Å². The summed E-state index contributed by atoms with van der Waals surface area (Å²) in [6.45, 7) is 3.60. The SMILES string of the molecule is CC(C)c1cc(S(=O)(=O)F)on1. The van der Waals surface area contributed by atoms with E-state index in [-0.39, 0.29) is 5.92 Å². The third kappa shape index (κ3) is 1.82. The van der Waals surface area contributed by atoms with Gasteiger partial charge in [0.25, 0.3) is 5.09 Å². The smallest absolute Gasteiger partial charge is 0.341 e. The normalized spacial score (nSPS) is 12.3. The van der Waals surface area contributed by atoms with Crippen LogP contribution in [0.3, 0.4) is 0 Å². The van der Waals surface area contributed by atoms with Crippen molar-refractivity contribution in [3.8, 4) is 0 Å². The molecular weight excluding hydrogens is 185 g/mol. The van der Waals surface area contributed by atoms with Crippen molar-refractivity contribution in [3.63, 3.8) is 0 Å². The molecule has 4 nitrogen and oxygen atoms in total. The Balaban J connectivity index is 3.09. The third-order valence-corrected chi connectivity index (χ3v) is 2.01. The van der Waals surface area contributed by atoms with Gasteiger partial charge in [0.2, 0.25) is 0 Å². The minimum Gasteiger partial charge on any atom is -0.341 e. The molecule has 1 heterocycles. The van der Waals surface area contributed by atoms with Crippen LogP contribution in [0.2, 0.25) is 0 Å². The summed E-state index contributed by atoms with van der Waals surface area (Å²) >= 11 is 0. The van der Waals surface area contributed by atoms with E-state index in [0.29, 0.717) is 5.69 Å². The van der Waals surface area contributed by atoms with Gasteiger partial charge in [0.05, 0.1) is 5.69 Å². The molecule has 0 bridgehead atoms. The molecule has 6 heteroatoms. The molecule has 0 amide bonds. The molecule has 1 rings (SSSR count). The molecule has 0 aliphatic carbocycles. The van der Waals surface area contributed by atoms with E-state index >= 15 is 0 Å². The lowest BCUT2D eigenvalue weighted by atomic mass is 10.1. The molecule has 0 radical (unpaired) electrons. The van der Waals surface area contributed by atoms with E-state index in [2.05, 4.69) is 9.68 Å². The van der Waals surface area contributed by atoms with Crippen LogP contribution in [0.15, 0.2) is 15.7 Å². The number of halogens is 1. The van der Waals surface area contributed by atoms with Crippen molar-refractivity contribution in [1.82, 2.24) is 5.16 Å². The highest BCUT2D eigenvalue weighted by molar-refractivity contribution is 7.86. The fourth-order valence-corrected chi connectivity index (χ4v) is 1.05. The summed E-state index contributed by atoms with van der Waals surface area (Å²) in [5, 5.41) is 2.66. The predicted molar refractivity (Wildman–Crippen MR) is 38.9 cm³/mol. The maximum absolute atomic E-state index is 12.2. The maximum atomic E-state index is 12.2. The van der Waals surface area contributed by atoms with E-state index in [4.69, 9.17) is 0 Å². The fourth-order valence-electron chi connectivity index (χ4n) is 0.658. The number of hydrogen-bond acceptors (Lipinski definition) is 4. The molecule has 0 spiro atoms. The molecule has 0 atom stereocenters. The fraction of sp³-hybridized carbons (Fsp3) is 0.500. The monoisotopic (exact) mass is 193 g/mol. The Labute approximate surface area is 69.6 Å². The van der Waals surface area contributed by atoms with Crippen molar-refractivity contribution in [1.29, 1.82) is 0 Å². The highest BCUT2D eigenvalue weighted by Gasteiger charge is 2.19. The van der Waals surface area contributed by atoms with E-state index in [0.717, 1.165) is 6.07 Å². The molecule has 68 valence electrons. The van der Waals surface area contributed by atoms with Gasteiger partial charge in [-0.05, 0) is 5.92 Å². The van der Waals surface area contributed by atoms with Crippen LogP contribution >= 0.6 is 0 Å². The zero-order valence-electron chi connectivity index (χ0n) is 6.61. The average Bonchev–Trinajstić information content (AvgIpc) is 2.30. The summed E-state index contributed by atoms with van der Waals surface area (Å²) in [7, 11) is -4.74. The van der Waals surface area contributed by atoms with Crippen LogP contribution in [-0.4, -0.2) is 13.6 Å². The van der Waals surface area contributed by atoms with Crippen LogP contribution in [0.4, 0.5) is 3.89 Å². The first-order valence-corrected chi connectivity index (χ1v) is 4.71. The highest BCUT2D eigenvalue weighted by atomic mass is 32.3. The van der Waals surface area contributed by atoms with E-state index in [1.807, 2.05) is 0 Å². The van der Waals surface area contributed by atoms with Crippen LogP contribution in [0.1, 0.15) is 25.5 Å². The van der Waals surface area contributed by atoms with Crippen molar-refractivity contribution in [2.75, 3.05) is 0 Å². The van der Waals surface area contributed by atoms with Gasteiger partial charge in [-0.1, -0.05) is 22.9 Å². The lowest BCUT2D eigenvalue weighted by Crippen LogP contribution is -1.88. The summed E-state index contributed by atoms with van der Waals surface area (Å²) in [4.78, 5) is 0. The molecule has 0 unspecified atom stereocenters. The molecule has 12 heavy (non-hydrogen) atoms. The lowest BCUT2D eigenvalue weighted by Gasteiger charge is -1.92. The van der Waals surface area contributed by atoms with Gasteiger partial charge in [-0.2, -0.15) is 8.42 Å². The van der Waals surface area contributed by atoms with E-state index < -0.39 is 15.3 Å². The topological polar surface area (TPSA) is 60.2 Å². The number of aromatic nitrogens is 1. The predicted octanol–water partition coefficient (Wildman–Crippen LogP) is 1.46. The van der Waals surface area contributed by atoms with Gasteiger partial charge in [-0.25, -0.2) is 0 Å². The summed E-state index contributed by atoms with van der Waals surface area (Å²) < 4.78 is 37.1. The molecule has 0 saturated heterocycles. The van der Waals surface area contributed by atoms with Gasteiger partial charge in [-0.15, -0.1) is 0 Å².